The Labute approximate surface area is 135 Å². The van der Waals surface area contributed by atoms with Crippen molar-refractivity contribution in [2.24, 2.45) is 0 Å². The van der Waals surface area contributed by atoms with Gasteiger partial charge < -0.3 is 14.4 Å². The van der Waals surface area contributed by atoms with Crippen LogP contribution in [0.5, 0.6) is 0 Å². The van der Waals surface area contributed by atoms with Gasteiger partial charge in [0.15, 0.2) is 0 Å². The van der Waals surface area contributed by atoms with Crippen LogP contribution in [0, 0.1) is 0 Å². The average molecular weight is 319 g/mol. The van der Waals surface area contributed by atoms with Crippen LogP contribution in [0.25, 0.3) is 6.08 Å². The number of anilines is 1. The molecule has 0 amide bonds. The maximum absolute atomic E-state index is 11.5. The van der Waals surface area contributed by atoms with Gasteiger partial charge in [-0.05, 0) is 31.9 Å². The zero-order chi connectivity index (χ0) is 16.7. The van der Waals surface area contributed by atoms with E-state index in [0.717, 1.165) is 26.1 Å². The quantitative estimate of drug-likeness (QED) is 0.443. The molecule has 0 saturated carbocycles. The molecule has 7 heteroatoms. The third kappa shape index (κ3) is 4.85. The highest BCUT2D eigenvalue weighted by Gasteiger charge is 2.20. The van der Waals surface area contributed by atoms with Crippen LogP contribution in [-0.4, -0.2) is 54.6 Å². The van der Waals surface area contributed by atoms with Crippen LogP contribution < -0.4 is 4.90 Å². The standard InChI is InChI=1S/C16H21N3O4/c1-3-23-15(21)14(20)5-4-12-10-17-16(18-11-12)19(2)13-6-8-22-9-7-13/h4-5,10-11,13H,3,6-9H2,1-2H3/b5-4+. The van der Waals surface area contributed by atoms with Gasteiger partial charge in [-0.2, -0.15) is 0 Å². The number of rotatable bonds is 6. The Bertz CT molecular complexity index is 565. The summed E-state index contributed by atoms with van der Waals surface area (Å²) in [6, 6.07) is 0.371. The summed E-state index contributed by atoms with van der Waals surface area (Å²) in [6.45, 7) is 3.34. The predicted octanol–water partition coefficient (Wildman–Crippen LogP) is 1.24. The molecule has 0 N–H and O–H groups in total. The van der Waals surface area contributed by atoms with Crippen molar-refractivity contribution in [1.29, 1.82) is 0 Å². The molecule has 0 atom stereocenters. The number of ether oxygens (including phenoxy) is 2. The van der Waals surface area contributed by atoms with Crippen LogP contribution in [0.4, 0.5) is 5.95 Å². The number of aromatic nitrogens is 2. The predicted molar refractivity (Wildman–Crippen MR) is 85.0 cm³/mol. The third-order valence-electron chi connectivity index (χ3n) is 3.62. The topological polar surface area (TPSA) is 81.6 Å². The summed E-state index contributed by atoms with van der Waals surface area (Å²) < 4.78 is 9.97. The van der Waals surface area contributed by atoms with E-state index in [2.05, 4.69) is 14.7 Å². The van der Waals surface area contributed by atoms with Gasteiger partial charge >= 0.3 is 5.97 Å². The summed E-state index contributed by atoms with van der Waals surface area (Å²) in [6.07, 6.45) is 7.81. The molecule has 1 fully saturated rings. The third-order valence-corrected chi connectivity index (χ3v) is 3.62. The lowest BCUT2D eigenvalue weighted by Gasteiger charge is -2.31. The summed E-state index contributed by atoms with van der Waals surface area (Å²) in [5, 5.41) is 0. The molecule has 1 aromatic heterocycles. The van der Waals surface area contributed by atoms with Crippen LogP contribution in [0.3, 0.4) is 0 Å². The molecular formula is C16H21N3O4. The van der Waals surface area contributed by atoms with E-state index in [1.54, 1.807) is 19.3 Å². The van der Waals surface area contributed by atoms with Crippen LogP contribution in [0.15, 0.2) is 18.5 Å². The average Bonchev–Trinajstić information content (AvgIpc) is 2.60. The fourth-order valence-corrected chi connectivity index (χ4v) is 2.28. The summed E-state index contributed by atoms with van der Waals surface area (Å²) in [7, 11) is 1.96. The van der Waals surface area contributed by atoms with Crippen molar-refractivity contribution in [1.82, 2.24) is 9.97 Å². The van der Waals surface area contributed by atoms with Crippen molar-refractivity contribution in [2.75, 3.05) is 31.8 Å². The molecule has 1 aliphatic rings. The largest absolute Gasteiger partial charge is 0.460 e. The molecular weight excluding hydrogens is 298 g/mol. The molecule has 0 unspecified atom stereocenters. The Balaban J connectivity index is 1.96. The number of nitrogens with zero attached hydrogens (tertiary/aromatic N) is 3. The van der Waals surface area contributed by atoms with E-state index in [4.69, 9.17) is 4.74 Å². The molecule has 1 aliphatic heterocycles. The molecule has 0 spiro atoms. The second-order valence-corrected chi connectivity index (χ2v) is 5.19. The summed E-state index contributed by atoms with van der Waals surface area (Å²) in [4.78, 5) is 33.3. The van der Waals surface area contributed by atoms with Crippen molar-refractivity contribution < 1.29 is 19.1 Å². The number of hydrogen-bond donors (Lipinski definition) is 0. The van der Waals surface area contributed by atoms with Crippen molar-refractivity contribution >= 4 is 23.8 Å². The number of ketones is 1. The van der Waals surface area contributed by atoms with E-state index in [1.807, 2.05) is 11.9 Å². The highest BCUT2D eigenvalue weighted by molar-refractivity contribution is 6.39. The Kier molecular flexibility index (Phi) is 6.22. The minimum absolute atomic E-state index is 0.175. The molecule has 1 aromatic rings. The van der Waals surface area contributed by atoms with Gasteiger partial charge in [-0.3, -0.25) is 4.79 Å². The van der Waals surface area contributed by atoms with Gasteiger partial charge in [0.25, 0.3) is 5.78 Å². The monoisotopic (exact) mass is 319 g/mol. The van der Waals surface area contributed by atoms with E-state index in [0.29, 0.717) is 17.6 Å². The normalized spacial score (nSPS) is 15.6. The fourth-order valence-electron chi connectivity index (χ4n) is 2.28. The first-order chi connectivity index (χ1) is 11.1. The zero-order valence-electron chi connectivity index (χ0n) is 13.4. The number of hydrogen-bond acceptors (Lipinski definition) is 7. The molecule has 2 heterocycles. The maximum atomic E-state index is 11.5. The van der Waals surface area contributed by atoms with Gasteiger partial charge in [0, 0.05) is 44.3 Å². The van der Waals surface area contributed by atoms with E-state index >= 15 is 0 Å². The molecule has 1 saturated heterocycles. The molecule has 124 valence electrons. The number of carbonyl (C=O) groups excluding carboxylic acids is 2. The Morgan fingerprint density at radius 2 is 2.00 bits per heavy atom. The Morgan fingerprint density at radius 1 is 1.35 bits per heavy atom. The van der Waals surface area contributed by atoms with Gasteiger partial charge in [-0.15, -0.1) is 0 Å². The highest BCUT2D eigenvalue weighted by Crippen LogP contribution is 2.17. The SMILES string of the molecule is CCOC(=O)C(=O)/C=C/c1cnc(N(C)C2CCOCC2)nc1. The number of carbonyl (C=O) groups is 2. The van der Waals surface area contributed by atoms with Gasteiger partial charge in [0.2, 0.25) is 5.95 Å². The molecule has 23 heavy (non-hydrogen) atoms. The van der Waals surface area contributed by atoms with Gasteiger partial charge in [-0.1, -0.05) is 0 Å². The molecule has 7 nitrogen and oxygen atoms in total. The lowest BCUT2D eigenvalue weighted by molar-refractivity contribution is -0.151. The van der Waals surface area contributed by atoms with E-state index in [-0.39, 0.29) is 6.61 Å². The van der Waals surface area contributed by atoms with Crippen LogP contribution in [0.1, 0.15) is 25.3 Å². The minimum atomic E-state index is -0.861. The molecule has 0 aromatic carbocycles. The lowest BCUT2D eigenvalue weighted by Crippen LogP contribution is -2.37. The maximum Gasteiger partial charge on any atom is 0.379 e. The van der Waals surface area contributed by atoms with Crippen LogP contribution in [0.2, 0.25) is 0 Å². The van der Waals surface area contributed by atoms with Gasteiger partial charge in [0.1, 0.15) is 0 Å². The summed E-state index contributed by atoms with van der Waals surface area (Å²) in [5.74, 6) is -0.929. The molecule has 0 bridgehead atoms. The second-order valence-electron chi connectivity index (χ2n) is 5.19. The van der Waals surface area contributed by atoms with Crippen molar-refractivity contribution in [2.45, 2.75) is 25.8 Å². The first kappa shape index (κ1) is 17.1. The van der Waals surface area contributed by atoms with Crippen molar-refractivity contribution in [3.05, 3.63) is 24.0 Å². The second kappa shape index (κ2) is 8.38. The number of esters is 1. The van der Waals surface area contributed by atoms with E-state index < -0.39 is 11.8 Å². The summed E-state index contributed by atoms with van der Waals surface area (Å²) in [5.41, 5.74) is 0.645. The zero-order valence-corrected chi connectivity index (χ0v) is 13.4. The minimum Gasteiger partial charge on any atom is -0.460 e. The van der Waals surface area contributed by atoms with Crippen LogP contribution in [-0.2, 0) is 19.1 Å². The molecule has 0 aliphatic carbocycles. The summed E-state index contributed by atoms with van der Waals surface area (Å²) >= 11 is 0. The van der Waals surface area contributed by atoms with E-state index in [1.165, 1.54) is 12.2 Å². The first-order valence-corrected chi connectivity index (χ1v) is 7.63. The van der Waals surface area contributed by atoms with Gasteiger partial charge in [0.05, 0.1) is 6.61 Å². The Hall–Kier alpha value is -2.28. The highest BCUT2D eigenvalue weighted by atomic mass is 16.5. The smallest absolute Gasteiger partial charge is 0.379 e. The molecule has 2 rings (SSSR count). The lowest BCUT2D eigenvalue weighted by atomic mass is 10.1. The molecule has 0 radical (unpaired) electrons. The Morgan fingerprint density at radius 3 is 2.61 bits per heavy atom. The first-order valence-electron chi connectivity index (χ1n) is 7.63. The fraction of sp³-hybridized carbons (Fsp3) is 0.500. The van der Waals surface area contributed by atoms with Gasteiger partial charge in [-0.25, -0.2) is 14.8 Å². The van der Waals surface area contributed by atoms with Crippen molar-refractivity contribution in [3.63, 3.8) is 0 Å². The van der Waals surface area contributed by atoms with E-state index in [9.17, 15) is 9.59 Å². The van der Waals surface area contributed by atoms with Crippen molar-refractivity contribution in [3.8, 4) is 0 Å². The van der Waals surface area contributed by atoms with Crippen LogP contribution >= 0.6 is 0 Å².